The molecule has 27 heavy (non-hydrogen) atoms. The van der Waals surface area contributed by atoms with Crippen molar-refractivity contribution in [2.24, 2.45) is 7.05 Å². The minimum atomic E-state index is 1.02. The lowest BCUT2D eigenvalue weighted by Gasteiger charge is -2.08. The Balaban J connectivity index is 2.21. The Morgan fingerprint density at radius 2 is 1.89 bits per heavy atom. The summed E-state index contributed by atoms with van der Waals surface area (Å²) >= 11 is 0. The van der Waals surface area contributed by atoms with Crippen LogP contribution in [0.15, 0.2) is 48.7 Å². The van der Waals surface area contributed by atoms with Crippen molar-refractivity contribution in [2.45, 2.75) is 33.6 Å². The zero-order valence-corrected chi connectivity index (χ0v) is 16.4. The summed E-state index contributed by atoms with van der Waals surface area (Å²) in [6.45, 7) is 6.64. The van der Waals surface area contributed by atoms with Gasteiger partial charge in [0.1, 0.15) is 5.52 Å². The number of nitrogens with zero attached hydrogens (tertiary/aromatic N) is 3. The Morgan fingerprint density at radius 3 is 2.67 bits per heavy atom. The van der Waals surface area contributed by atoms with Gasteiger partial charge in [-0.1, -0.05) is 32.0 Å². The van der Waals surface area contributed by atoms with Crippen LogP contribution in [0.4, 0.5) is 0 Å². The van der Waals surface area contributed by atoms with Crippen molar-refractivity contribution >= 4 is 38.5 Å². The van der Waals surface area contributed by atoms with E-state index in [-0.39, 0.29) is 0 Å². The van der Waals surface area contributed by atoms with Gasteiger partial charge in [-0.2, -0.15) is 4.40 Å². The molecule has 2 aromatic carbocycles. The summed E-state index contributed by atoms with van der Waals surface area (Å²) in [6.07, 6.45) is 3.98. The molecule has 3 heteroatoms. The van der Waals surface area contributed by atoms with Gasteiger partial charge >= 0.3 is 0 Å². The van der Waals surface area contributed by atoms with E-state index in [4.69, 9.17) is 4.98 Å². The average Bonchev–Trinajstić information content (AvgIpc) is 3.01. The van der Waals surface area contributed by atoms with Crippen LogP contribution in [-0.4, -0.2) is 9.38 Å². The van der Waals surface area contributed by atoms with Gasteiger partial charge in [0.2, 0.25) is 0 Å². The molecule has 0 spiro atoms. The van der Waals surface area contributed by atoms with Crippen molar-refractivity contribution in [1.82, 2.24) is 9.38 Å². The SMILES string of the molecule is CCc1ccc2c(c1)c1nccc(C)c1c1n2c2c(CC)cccc2[n+]1C. The van der Waals surface area contributed by atoms with Gasteiger partial charge in [-0.05, 0) is 55.2 Å². The molecule has 5 rings (SSSR count). The molecular weight excluding hydrogens is 330 g/mol. The number of benzene rings is 2. The first-order valence-electron chi connectivity index (χ1n) is 9.77. The maximum atomic E-state index is 4.82. The van der Waals surface area contributed by atoms with Gasteiger partial charge in [0, 0.05) is 17.1 Å². The molecule has 0 amide bonds. The number of hydrogen-bond donors (Lipinski definition) is 0. The molecule has 0 fully saturated rings. The van der Waals surface area contributed by atoms with Gasteiger partial charge in [0.25, 0.3) is 5.65 Å². The Hall–Kier alpha value is -2.94. The lowest BCUT2D eigenvalue weighted by molar-refractivity contribution is -0.617. The number of aryl methyl sites for hydroxylation is 4. The summed E-state index contributed by atoms with van der Waals surface area (Å²) in [7, 11) is 2.18. The highest BCUT2D eigenvalue weighted by molar-refractivity contribution is 6.12. The quantitative estimate of drug-likeness (QED) is 0.321. The molecule has 0 bridgehead atoms. The third-order valence-electron chi connectivity index (χ3n) is 5.94. The number of hydrogen-bond acceptors (Lipinski definition) is 1. The van der Waals surface area contributed by atoms with Crippen molar-refractivity contribution in [3.63, 3.8) is 0 Å². The van der Waals surface area contributed by atoms with E-state index in [9.17, 15) is 0 Å². The van der Waals surface area contributed by atoms with Crippen molar-refractivity contribution in [2.75, 3.05) is 0 Å². The lowest BCUT2D eigenvalue weighted by atomic mass is 10.0. The first-order valence-corrected chi connectivity index (χ1v) is 9.77. The summed E-state index contributed by atoms with van der Waals surface area (Å²) in [4.78, 5) is 4.82. The second-order valence-corrected chi connectivity index (χ2v) is 7.41. The zero-order chi connectivity index (χ0) is 18.7. The molecule has 0 radical (unpaired) electrons. The molecule has 3 nitrogen and oxygen atoms in total. The van der Waals surface area contributed by atoms with Crippen molar-refractivity contribution in [3.8, 4) is 0 Å². The maximum absolute atomic E-state index is 4.82. The van der Waals surface area contributed by atoms with Gasteiger partial charge in [-0.25, -0.2) is 4.57 Å². The van der Waals surface area contributed by atoms with E-state index in [1.165, 1.54) is 49.7 Å². The molecule has 0 atom stereocenters. The fraction of sp³-hybridized carbons (Fsp3) is 0.250. The molecule has 0 saturated carbocycles. The second-order valence-electron chi connectivity index (χ2n) is 7.41. The van der Waals surface area contributed by atoms with E-state index in [0.717, 1.165) is 18.4 Å². The number of aromatic nitrogens is 3. The van der Waals surface area contributed by atoms with Gasteiger partial charge in [-0.3, -0.25) is 4.98 Å². The van der Waals surface area contributed by atoms with Crippen LogP contribution in [0.3, 0.4) is 0 Å². The molecule has 0 unspecified atom stereocenters. The predicted octanol–water partition coefficient (Wildman–Crippen LogP) is 5.05. The third-order valence-corrected chi connectivity index (χ3v) is 5.94. The molecule has 134 valence electrons. The minimum absolute atomic E-state index is 1.02. The van der Waals surface area contributed by atoms with Crippen LogP contribution in [0.2, 0.25) is 0 Å². The highest BCUT2D eigenvalue weighted by atomic mass is 15.1. The molecule has 0 saturated heterocycles. The standard InChI is InChI=1S/C24H24N3/c1-5-16-10-11-19-18(14-16)22-21(15(3)12-13-25-22)24-26(4)20-9-7-8-17(6-2)23(20)27(19)24/h7-14H,5-6H2,1-4H3/q+1. The highest BCUT2D eigenvalue weighted by Gasteiger charge is 2.26. The van der Waals surface area contributed by atoms with E-state index in [0.29, 0.717) is 0 Å². The summed E-state index contributed by atoms with van der Waals surface area (Å²) < 4.78 is 4.79. The summed E-state index contributed by atoms with van der Waals surface area (Å²) in [5.41, 5.74) is 10.1. The topological polar surface area (TPSA) is 21.2 Å². The predicted molar refractivity (Wildman–Crippen MR) is 112 cm³/mol. The molecule has 3 heterocycles. The normalized spacial score (nSPS) is 12.0. The number of fused-ring (bicyclic) bond motifs is 8. The van der Waals surface area contributed by atoms with Gasteiger partial charge in [0.15, 0.2) is 11.0 Å². The van der Waals surface area contributed by atoms with E-state index in [1.807, 2.05) is 6.20 Å². The van der Waals surface area contributed by atoms with Gasteiger partial charge < -0.3 is 0 Å². The summed E-state index contributed by atoms with van der Waals surface area (Å²) in [5, 5.41) is 2.49. The first kappa shape index (κ1) is 16.2. The van der Waals surface area contributed by atoms with Gasteiger partial charge in [-0.15, -0.1) is 0 Å². The molecule has 0 N–H and O–H groups in total. The largest absolute Gasteiger partial charge is 0.297 e. The smallest absolute Gasteiger partial charge is 0.255 e. The summed E-state index contributed by atoms with van der Waals surface area (Å²) in [5.74, 6) is 0. The number of imidazole rings is 1. The van der Waals surface area contributed by atoms with E-state index in [2.05, 4.69) is 79.3 Å². The lowest BCUT2D eigenvalue weighted by Crippen LogP contribution is -2.27. The Labute approximate surface area is 158 Å². The first-order chi connectivity index (χ1) is 13.2. The van der Waals surface area contributed by atoms with Gasteiger partial charge in [0.05, 0.1) is 18.0 Å². The minimum Gasteiger partial charge on any atom is -0.255 e. The van der Waals surface area contributed by atoms with Crippen LogP contribution in [-0.2, 0) is 19.9 Å². The highest BCUT2D eigenvalue weighted by Crippen LogP contribution is 2.33. The third kappa shape index (κ3) is 2.08. The van der Waals surface area contributed by atoms with Crippen molar-refractivity contribution in [3.05, 3.63) is 65.4 Å². The van der Waals surface area contributed by atoms with E-state index >= 15 is 0 Å². The number of rotatable bonds is 2. The van der Waals surface area contributed by atoms with Crippen LogP contribution in [0.25, 0.3) is 38.5 Å². The molecule has 0 aliphatic rings. The number of para-hydroxylation sites is 1. The van der Waals surface area contributed by atoms with Crippen LogP contribution in [0.1, 0.15) is 30.5 Å². The van der Waals surface area contributed by atoms with Crippen molar-refractivity contribution in [1.29, 1.82) is 0 Å². The maximum Gasteiger partial charge on any atom is 0.297 e. The fourth-order valence-electron chi connectivity index (χ4n) is 4.51. The molecule has 0 aliphatic heterocycles. The Morgan fingerprint density at radius 1 is 1.04 bits per heavy atom. The molecule has 5 aromatic rings. The monoisotopic (exact) mass is 354 g/mol. The van der Waals surface area contributed by atoms with Crippen LogP contribution < -0.4 is 4.57 Å². The van der Waals surface area contributed by atoms with Crippen LogP contribution in [0.5, 0.6) is 0 Å². The Kier molecular flexibility index (Phi) is 3.48. The summed E-state index contributed by atoms with van der Waals surface area (Å²) in [6, 6.07) is 15.6. The van der Waals surface area contributed by atoms with E-state index in [1.54, 1.807) is 0 Å². The fourth-order valence-corrected chi connectivity index (χ4v) is 4.51. The second kappa shape index (κ2) is 5.78. The zero-order valence-electron chi connectivity index (χ0n) is 16.4. The Bertz CT molecular complexity index is 1360. The van der Waals surface area contributed by atoms with Crippen LogP contribution in [0, 0.1) is 6.92 Å². The molecular formula is C24H24N3+. The number of pyridine rings is 2. The van der Waals surface area contributed by atoms with Crippen molar-refractivity contribution < 1.29 is 4.57 Å². The molecule has 0 aliphatic carbocycles. The van der Waals surface area contributed by atoms with E-state index < -0.39 is 0 Å². The molecule has 3 aromatic heterocycles. The van der Waals surface area contributed by atoms with Crippen LogP contribution >= 0.6 is 0 Å². The average molecular weight is 354 g/mol.